The number of nitrogens with zero attached hydrogens (tertiary/aromatic N) is 5. The monoisotopic (exact) mass is 458 g/mol. The van der Waals surface area contributed by atoms with Gasteiger partial charge in [-0.3, -0.25) is 9.97 Å². The Balaban J connectivity index is 2.12. The Morgan fingerprint density at radius 2 is 1.93 bits per heavy atom. The van der Waals surface area contributed by atoms with Crippen molar-refractivity contribution in [3.05, 3.63) is 63.4 Å². The molecule has 0 amide bonds. The van der Waals surface area contributed by atoms with Crippen molar-refractivity contribution in [2.75, 3.05) is 11.6 Å². The lowest BCUT2D eigenvalue weighted by Gasteiger charge is -2.14. The van der Waals surface area contributed by atoms with Crippen molar-refractivity contribution < 1.29 is 13.2 Å². The van der Waals surface area contributed by atoms with Crippen LogP contribution in [0.15, 0.2) is 35.6 Å². The van der Waals surface area contributed by atoms with Gasteiger partial charge in [0.25, 0.3) is 0 Å². The third kappa shape index (κ3) is 4.42. The summed E-state index contributed by atoms with van der Waals surface area (Å²) in [5.74, 6) is 0.420. The highest BCUT2D eigenvalue weighted by molar-refractivity contribution is 7.99. The van der Waals surface area contributed by atoms with Crippen LogP contribution in [-0.4, -0.2) is 26.0 Å². The number of hydrogen-bond donors (Lipinski definition) is 1. The summed E-state index contributed by atoms with van der Waals surface area (Å²) < 4.78 is 40.4. The minimum Gasteiger partial charge on any atom is -0.363 e. The van der Waals surface area contributed by atoms with E-state index in [4.69, 9.17) is 29.8 Å². The first-order valence-electron chi connectivity index (χ1n) is 7.86. The van der Waals surface area contributed by atoms with Gasteiger partial charge in [0.2, 0.25) is 0 Å². The summed E-state index contributed by atoms with van der Waals surface area (Å²) in [7, 11) is 0. The molecule has 0 saturated carbocycles. The summed E-state index contributed by atoms with van der Waals surface area (Å²) >= 11 is 13.5. The number of benzene rings is 1. The molecule has 150 valence electrons. The molecule has 6 nitrogen and oxygen atoms in total. The average Bonchev–Trinajstić information content (AvgIpc) is 3.03. The Kier molecular flexibility index (Phi) is 6.21. The zero-order chi connectivity index (χ0) is 21.2. The number of aromatic nitrogens is 4. The molecule has 0 aliphatic heterocycles. The molecule has 0 aliphatic rings. The van der Waals surface area contributed by atoms with E-state index < -0.39 is 11.7 Å². The minimum atomic E-state index is -4.60. The first-order valence-corrected chi connectivity index (χ1v) is 9.84. The Bertz CT molecular complexity index is 1060. The van der Waals surface area contributed by atoms with Gasteiger partial charge in [-0.05, 0) is 23.5 Å². The molecule has 0 saturated heterocycles. The largest absolute Gasteiger partial charge is 0.416 e. The predicted molar refractivity (Wildman–Crippen MR) is 106 cm³/mol. The molecule has 0 bridgehead atoms. The van der Waals surface area contributed by atoms with Crippen molar-refractivity contribution in [3.63, 3.8) is 0 Å². The van der Waals surface area contributed by atoms with Gasteiger partial charge in [-0.2, -0.15) is 13.2 Å². The second-order valence-corrected chi connectivity index (χ2v) is 7.20. The van der Waals surface area contributed by atoms with Crippen molar-refractivity contribution in [1.82, 2.24) is 19.7 Å². The number of anilines is 1. The van der Waals surface area contributed by atoms with Crippen molar-refractivity contribution in [2.24, 2.45) is 0 Å². The molecule has 2 aromatic heterocycles. The van der Waals surface area contributed by atoms with Crippen LogP contribution in [0.4, 0.5) is 24.8 Å². The highest BCUT2D eigenvalue weighted by atomic mass is 35.5. The minimum absolute atomic E-state index is 0.0354. The molecular formula is C17H11Cl2F3N6S. The predicted octanol–water partition coefficient (Wildman–Crippen LogP) is 5.87. The molecule has 3 rings (SSSR count). The zero-order valence-corrected chi connectivity index (χ0v) is 17.0. The average molecular weight is 459 g/mol. The quantitative estimate of drug-likeness (QED) is 0.382. The molecule has 0 fully saturated rings. The van der Waals surface area contributed by atoms with E-state index in [1.54, 1.807) is 12.5 Å². The smallest absolute Gasteiger partial charge is 0.363 e. The Morgan fingerprint density at radius 1 is 1.24 bits per heavy atom. The maximum absolute atomic E-state index is 13.0. The Hall–Kier alpha value is -2.48. The highest BCUT2D eigenvalue weighted by Gasteiger charge is 2.33. The van der Waals surface area contributed by atoms with E-state index in [2.05, 4.69) is 25.2 Å². The van der Waals surface area contributed by atoms with Gasteiger partial charge in [-0.15, -0.1) is 16.4 Å². The molecule has 0 unspecified atom stereocenters. The Labute approximate surface area is 177 Å². The standard InChI is InChI=1S/C17H11Cl2F3N6S/c1-23-15-14(29-2)16(26-8-10-7-24-3-4-25-10)28(27-15)13-11(18)5-9(6-12(13)19)17(20,21)22/h3-7,26H,8H2,2H3. The lowest BCUT2D eigenvalue weighted by molar-refractivity contribution is -0.137. The van der Waals surface area contributed by atoms with Gasteiger partial charge < -0.3 is 10.2 Å². The Morgan fingerprint density at radius 3 is 2.45 bits per heavy atom. The van der Waals surface area contributed by atoms with E-state index >= 15 is 0 Å². The SMILES string of the molecule is [C-]#[N+]c1nn(-c2c(Cl)cc(C(F)(F)F)cc2Cl)c(NCc2cnccn2)c1SC. The maximum atomic E-state index is 13.0. The van der Waals surface area contributed by atoms with Crippen molar-refractivity contribution in [2.45, 2.75) is 17.6 Å². The van der Waals surface area contributed by atoms with E-state index in [1.807, 2.05) is 0 Å². The first-order chi connectivity index (χ1) is 13.8. The fourth-order valence-electron chi connectivity index (χ4n) is 2.50. The summed E-state index contributed by atoms with van der Waals surface area (Å²) in [4.78, 5) is 12.0. The van der Waals surface area contributed by atoms with Gasteiger partial charge in [0.15, 0.2) is 5.82 Å². The van der Waals surface area contributed by atoms with Gasteiger partial charge in [-0.1, -0.05) is 29.8 Å². The zero-order valence-electron chi connectivity index (χ0n) is 14.6. The van der Waals surface area contributed by atoms with Crippen LogP contribution in [0, 0.1) is 6.57 Å². The second-order valence-electron chi connectivity index (χ2n) is 5.57. The van der Waals surface area contributed by atoms with Crippen LogP contribution in [0.25, 0.3) is 10.5 Å². The van der Waals surface area contributed by atoms with Gasteiger partial charge in [-0.25, -0.2) is 0 Å². The van der Waals surface area contributed by atoms with Crippen LogP contribution >= 0.6 is 35.0 Å². The first kappa shape index (κ1) is 21.2. The summed E-state index contributed by atoms with van der Waals surface area (Å²) in [6, 6.07) is 1.54. The van der Waals surface area contributed by atoms with E-state index in [0.29, 0.717) is 16.4 Å². The van der Waals surface area contributed by atoms with E-state index in [-0.39, 0.29) is 28.1 Å². The van der Waals surface area contributed by atoms with Gasteiger partial charge in [0.1, 0.15) is 5.69 Å². The molecular weight excluding hydrogens is 448 g/mol. The van der Waals surface area contributed by atoms with Crippen LogP contribution in [0.2, 0.25) is 10.0 Å². The molecule has 0 spiro atoms. The maximum Gasteiger partial charge on any atom is 0.416 e. The summed E-state index contributed by atoms with van der Waals surface area (Å²) in [6.45, 7) is 7.59. The molecule has 2 heterocycles. The normalized spacial score (nSPS) is 11.3. The molecule has 1 aromatic carbocycles. The molecule has 0 aliphatic carbocycles. The molecule has 3 aromatic rings. The van der Waals surface area contributed by atoms with E-state index in [0.717, 1.165) is 12.1 Å². The van der Waals surface area contributed by atoms with Crippen LogP contribution in [0.1, 0.15) is 11.3 Å². The van der Waals surface area contributed by atoms with Crippen LogP contribution in [-0.2, 0) is 12.7 Å². The summed E-state index contributed by atoms with van der Waals surface area (Å²) in [5.41, 5.74) is -0.331. The molecule has 0 radical (unpaired) electrons. The summed E-state index contributed by atoms with van der Waals surface area (Å²) in [6.07, 6.45) is 1.76. The lowest BCUT2D eigenvalue weighted by atomic mass is 10.2. The third-order valence-corrected chi connectivity index (χ3v) is 5.10. The van der Waals surface area contributed by atoms with E-state index in [1.165, 1.54) is 28.8 Å². The molecule has 0 atom stereocenters. The fourth-order valence-corrected chi connectivity index (χ4v) is 3.77. The van der Waals surface area contributed by atoms with Crippen LogP contribution < -0.4 is 5.32 Å². The second kappa shape index (κ2) is 8.49. The molecule has 29 heavy (non-hydrogen) atoms. The molecule has 12 heteroatoms. The van der Waals surface area contributed by atoms with Crippen molar-refractivity contribution in [1.29, 1.82) is 0 Å². The summed E-state index contributed by atoms with van der Waals surface area (Å²) in [5, 5.41) is 6.78. The number of nitrogens with one attached hydrogen (secondary N) is 1. The fraction of sp³-hybridized carbons (Fsp3) is 0.176. The highest BCUT2D eigenvalue weighted by Crippen LogP contribution is 2.42. The number of thioether (sulfide) groups is 1. The van der Waals surface area contributed by atoms with Gasteiger partial charge in [0, 0.05) is 12.4 Å². The number of rotatable bonds is 5. The number of hydrogen-bond acceptors (Lipinski definition) is 5. The topological polar surface area (TPSA) is 60.0 Å². The van der Waals surface area contributed by atoms with E-state index in [9.17, 15) is 13.2 Å². The van der Waals surface area contributed by atoms with Gasteiger partial charge in [0.05, 0.1) is 38.9 Å². The van der Waals surface area contributed by atoms with Crippen LogP contribution in [0.5, 0.6) is 0 Å². The number of halogens is 5. The lowest BCUT2D eigenvalue weighted by Crippen LogP contribution is -2.10. The number of alkyl halides is 3. The third-order valence-electron chi connectivity index (χ3n) is 3.74. The van der Waals surface area contributed by atoms with Crippen molar-refractivity contribution in [3.8, 4) is 5.69 Å². The van der Waals surface area contributed by atoms with Crippen molar-refractivity contribution >= 4 is 46.6 Å². The van der Waals surface area contributed by atoms with Gasteiger partial charge >= 0.3 is 12.0 Å². The van der Waals surface area contributed by atoms with Crippen LogP contribution in [0.3, 0.4) is 0 Å². The molecule has 1 N–H and O–H groups in total.